The molecule has 2 N–H and O–H groups in total. The van der Waals surface area contributed by atoms with E-state index >= 15 is 0 Å². The molecule has 0 aliphatic rings. The quantitative estimate of drug-likeness (QED) is 0.861. The fourth-order valence-electron chi connectivity index (χ4n) is 2.93. The number of hydrogen-bond donors (Lipinski definition) is 2. The number of aliphatic hydroxyl groups is 1. The van der Waals surface area contributed by atoms with Crippen LogP contribution in [-0.4, -0.2) is 5.11 Å². The first-order valence-corrected chi connectivity index (χ1v) is 7.55. The summed E-state index contributed by atoms with van der Waals surface area (Å²) in [5.41, 5.74) is 6.05. The summed E-state index contributed by atoms with van der Waals surface area (Å²) in [6.45, 7) is 8.68. The second-order valence-corrected chi connectivity index (χ2v) is 5.76. The van der Waals surface area contributed by atoms with Gasteiger partial charge in [-0.2, -0.15) is 0 Å². The highest BCUT2D eigenvalue weighted by Crippen LogP contribution is 2.27. The van der Waals surface area contributed by atoms with Gasteiger partial charge < -0.3 is 10.4 Å². The van der Waals surface area contributed by atoms with E-state index in [0.717, 1.165) is 5.56 Å². The van der Waals surface area contributed by atoms with Crippen molar-refractivity contribution in [2.24, 2.45) is 0 Å². The maximum atomic E-state index is 9.61. The van der Waals surface area contributed by atoms with E-state index in [1.807, 2.05) is 12.1 Å². The van der Waals surface area contributed by atoms with Gasteiger partial charge in [-0.3, -0.25) is 0 Å². The smallest absolute Gasteiger partial charge is 0.0685 e. The largest absolute Gasteiger partial charge is 0.392 e. The van der Waals surface area contributed by atoms with Gasteiger partial charge in [-0.05, 0) is 55.5 Å². The number of aliphatic hydroxyl groups excluding tert-OH is 1. The van der Waals surface area contributed by atoms with Gasteiger partial charge in [-0.25, -0.2) is 0 Å². The predicted molar refractivity (Wildman–Crippen MR) is 88.2 cm³/mol. The van der Waals surface area contributed by atoms with Gasteiger partial charge in [0.15, 0.2) is 0 Å². The average molecular weight is 283 g/mol. The van der Waals surface area contributed by atoms with Gasteiger partial charge in [0.05, 0.1) is 6.61 Å². The minimum Gasteiger partial charge on any atom is -0.392 e. The average Bonchev–Trinajstić information content (AvgIpc) is 2.50. The molecule has 2 atom stereocenters. The first-order chi connectivity index (χ1) is 10.0. The molecule has 0 amide bonds. The zero-order valence-corrected chi connectivity index (χ0v) is 13.4. The third-order valence-corrected chi connectivity index (χ3v) is 4.28. The predicted octanol–water partition coefficient (Wildman–Crippen LogP) is 4.21. The second kappa shape index (κ2) is 6.88. The van der Waals surface area contributed by atoms with Crippen molar-refractivity contribution in [3.63, 3.8) is 0 Å². The maximum Gasteiger partial charge on any atom is 0.0685 e. The van der Waals surface area contributed by atoms with Crippen molar-refractivity contribution in [3.05, 3.63) is 70.3 Å². The summed E-state index contributed by atoms with van der Waals surface area (Å²) >= 11 is 0. The Bertz CT molecular complexity index is 592. The summed E-state index contributed by atoms with van der Waals surface area (Å²) in [5, 5.41) is 13.3. The molecule has 0 bridgehead atoms. The topological polar surface area (TPSA) is 32.3 Å². The van der Waals surface area contributed by atoms with E-state index in [4.69, 9.17) is 0 Å². The van der Waals surface area contributed by atoms with Crippen molar-refractivity contribution in [3.8, 4) is 0 Å². The number of nitrogens with one attached hydrogen (secondary N) is 1. The van der Waals surface area contributed by atoms with E-state index < -0.39 is 0 Å². The van der Waals surface area contributed by atoms with Crippen LogP contribution in [0.1, 0.15) is 53.7 Å². The minimum absolute atomic E-state index is 0.0855. The van der Waals surface area contributed by atoms with Crippen LogP contribution in [0, 0.1) is 13.8 Å². The van der Waals surface area contributed by atoms with Gasteiger partial charge in [0.2, 0.25) is 0 Å². The molecule has 0 aliphatic heterocycles. The highest BCUT2D eigenvalue weighted by atomic mass is 16.3. The first-order valence-electron chi connectivity index (χ1n) is 7.55. The number of aryl methyl sites for hydroxylation is 1. The molecule has 2 aromatic carbocycles. The molecule has 0 saturated carbocycles. The van der Waals surface area contributed by atoms with Crippen molar-refractivity contribution < 1.29 is 5.11 Å². The Morgan fingerprint density at radius 1 is 0.952 bits per heavy atom. The molecular weight excluding hydrogens is 258 g/mol. The standard InChI is InChI=1S/C19H25NO/c1-13-10-11-18(12-21)19(14(13)2)16(4)20-15(3)17-8-6-5-7-9-17/h5-11,15-16,20-21H,12H2,1-4H3. The van der Waals surface area contributed by atoms with Crippen LogP contribution >= 0.6 is 0 Å². The van der Waals surface area contributed by atoms with Gasteiger partial charge in [-0.1, -0.05) is 42.5 Å². The Hall–Kier alpha value is -1.64. The summed E-state index contributed by atoms with van der Waals surface area (Å²) < 4.78 is 0. The van der Waals surface area contributed by atoms with Crippen LogP contribution < -0.4 is 5.32 Å². The van der Waals surface area contributed by atoms with Gasteiger partial charge in [0.25, 0.3) is 0 Å². The molecule has 21 heavy (non-hydrogen) atoms. The van der Waals surface area contributed by atoms with Crippen molar-refractivity contribution >= 4 is 0 Å². The second-order valence-electron chi connectivity index (χ2n) is 5.76. The fourth-order valence-corrected chi connectivity index (χ4v) is 2.93. The molecule has 0 radical (unpaired) electrons. The summed E-state index contributed by atoms with van der Waals surface area (Å²) in [7, 11) is 0. The number of hydrogen-bond acceptors (Lipinski definition) is 2. The summed E-state index contributed by atoms with van der Waals surface area (Å²) in [4.78, 5) is 0. The van der Waals surface area contributed by atoms with Crippen LogP contribution in [-0.2, 0) is 6.61 Å². The highest BCUT2D eigenvalue weighted by Gasteiger charge is 2.17. The molecule has 2 heteroatoms. The van der Waals surface area contributed by atoms with E-state index in [-0.39, 0.29) is 18.7 Å². The lowest BCUT2D eigenvalue weighted by molar-refractivity contribution is 0.279. The molecule has 2 aromatic rings. The van der Waals surface area contributed by atoms with Crippen LogP contribution in [0.4, 0.5) is 0 Å². The Morgan fingerprint density at radius 2 is 1.62 bits per heavy atom. The fraction of sp³-hybridized carbons (Fsp3) is 0.368. The molecule has 2 rings (SSSR count). The lowest BCUT2D eigenvalue weighted by atomic mass is 9.92. The first kappa shape index (κ1) is 15.7. The molecule has 2 nitrogen and oxygen atoms in total. The normalized spacial score (nSPS) is 14.0. The molecule has 0 heterocycles. The molecule has 0 saturated heterocycles. The Balaban J connectivity index is 2.24. The SMILES string of the molecule is Cc1ccc(CO)c(C(C)NC(C)c2ccccc2)c1C. The van der Waals surface area contributed by atoms with E-state index in [9.17, 15) is 5.11 Å². The van der Waals surface area contributed by atoms with Crippen LogP contribution in [0.2, 0.25) is 0 Å². The van der Waals surface area contributed by atoms with E-state index in [0.29, 0.717) is 0 Å². The minimum atomic E-state index is 0.0855. The van der Waals surface area contributed by atoms with E-state index in [1.54, 1.807) is 0 Å². The molecule has 112 valence electrons. The number of benzene rings is 2. The van der Waals surface area contributed by atoms with Crippen molar-refractivity contribution in [1.29, 1.82) is 0 Å². The van der Waals surface area contributed by atoms with Gasteiger partial charge in [0.1, 0.15) is 0 Å². The highest BCUT2D eigenvalue weighted by molar-refractivity contribution is 5.41. The molecule has 0 aliphatic carbocycles. The summed E-state index contributed by atoms with van der Waals surface area (Å²) in [5.74, 6) is 0. The van der Waals surface area contributed by atoms with Gasteiger partial charge >= 0.3 is 0 Å². The molecule has 0 aromatic heterocycles. The van der Waals surface area contributed by atoms with Crippen LogP contribution in [0.3, 0.4) is 0 Å². The zero-order chi connectivity index (χ0) is 15.4. The molecular formula is C19H25NO. The van der Waals surface area contributed by atoms with E-state index in [1.165, 1.54) is 22.3 Å². The number of rotatable bonds is 5. The van der Waals surface area contributed by atoms with Crippen LogP contribution in [0.5, 0.6) is 0 Å². The Labute approximate surface area is 127 Å². The van der Waals surface area contributed by atoms with Gasteiger partial charge in [0, 0.05) is 12.1 Å². The monoisotopic (exact) mass is 283 g/mol. The Morgan fingerprint density at radius 3 is 2.24 bits per heavy atom. The van der Waals surface area contributed by atoms with Crippen molar-refractivity contribution in [2.75, 3.05) is 0 Å². The maximum absolute atomic E-state index is 9.61. The third kappa shape index (κ3) is 3.52. The lowest BCUT2D eigenvalue weighted by Gasteiger charge is -2.25. The molecule has 0 fully saturated rings. The van der Waals surface area contributed by atoms with Crippen LogP contribution in [0.25, 0.3) is 0 Å². The molecule has 2 unspecified atom stereocenters. The van der Waals surface area contributed by atoms with Crippen molar-refractivity contribution in [1.82, 2.24) is 5.32 Å². The van der Waals surface area contributed by atoms with E-state index in [2.05, 4.69) is 63.3 Å². The van der Waals surface area contributed by atoms with Gasteiger partial charge in [-0.15, -0.1) is 0 Å². The zero-order valence-electron chi connectivity index (χ0n) is 13.4. The van der Waals surface area contributed by atoms with Crippen molar-refractivity contribution in [2.45, 2.75) is 46.4 Å². The lowest BCUT2D eigenvalue weighted by Crippen LogP contribution is -2.24. The summed E-state index contributed by atoms with van der Waals surface area (Å²) in [6.07, 6.45) is 0. The third-order valence-electron chi connectivity index (χ3n) is 4.28. The molecule has 0 spiro atoms. The Kier molecular flexibility index (Phi) is 5.16. The summed E-state index contributed by atoms with van der Waals surface area (Å²) in [6, 6.07) is 15.0. The van der Waals surface area contributed by atoms with Crippen LogP contribution in [0.15, 0.2) is 42.5 Å².